The number of hydrogen-bond donors (Lipinski definition) is 1. The molecule has 4 aliphatic heterocycles. The van der Waals surface area contributed by atoms with Gasteiger partial charge in [0, 0.05) is 33.0 Å². The van der Waals surface area contributed by atoms with Gasteiger partial charge in [0.2, 0.25) is 11.8 Å². The van der Waals surface area contributed by atoms with E-state index in [-0.39, 0.29) is 35.5 Å². The zero-order valence-corrected chi connectivity index (χ0v) is 23.4. The lowest BCUT2D eigenvalue weighted by atomic mass is 9.88. The first-order valence-corrected chi connectivity index (χ1v) is 15.0. The normalized spacial score (nSPS) is 25.7. The van der Waals surface area contributed by atoms with Crippen LogP contribution in [0.15, 0.2) is 22.0 Å². The van der Waals surface area contributed by atoms with Crippen LogP contribution < -0.4 is 0 Å². The molecule has 4 heterocycles. The van der Waals surface area contributed by atoms with Crippen LogP contribution in [0.3, 0.4) is 0 Å². The van der Waals surface area contributed by atoms with Crippen LogP contribution in [0.1, 0.15) is 79.1 Å². The highest BCUT2D eigenvalue weighted by Gasteiger charge is 2.46. The van der Waals surface area contributed by atoms with Crippen molar-refractivity contribution in [2.24, 2.45) is 11.8 Å². The maximum Gasteiger partial charge on any atom is 0.254 e. The van der Waals surface area contributed by atoms with Gasteiger partial charge in [-0.25, -0.2) is 0 Å². The summed E-state index contributed by atoms with van der Waals surface area (Å²) in [6.45, 7) is 7.70. The molecule has 2 unspecified atom stereocenters. The number of fused-ring (bicyclic) bond motifs is 2. The standard InChI is InChI=1S/C27H38N2O5S2/c1-26(2,28-22(31)15-20-18(24(28)33)9-13-35-20)11-5-7-17(30)8-6-12-27(3,4)29-23(32)16-21-19(25(29)34)10-14-36-21/h15-19,30H,5-14H2,1-4H3. The minimum absolute atomic E-state index is 0.0877. The third kappa shape index (κ3) is 5.48. The van der Waals surface area contributed by atoms with Crippen molar-refractivity contribution in [3.05, 3.63) is 22.0 Å². The number of carbonyl (C=O) groups is 4. The molecule has 4 rings (SSSR count). The highest BCUT2D eigenvalue weighted by molar-refractivity contribution is 8.03. The summed E-state index contributed by atoms with van der Waals surface area (Å²) in [6.07, 6.45) is 8.12. The molecule has 198 valence electrons. The Bertz CT molecular complexity index is 924. The van der Waals surface area contributed by atoms with E-state index < -0.39 is 17.2 Å². The number of aliphatic hydroxyl groups is 1. The molecule has 0 saturated carbocycles. The van der Waals surface area contributed by atoms with Crippen molar-refractivity contribution in [3.8, 4) is 0 Å². The maximum absolute atomic E-state index is 13.0. The van der Waals surface area contributed by atoms with E-state index in [2.05, 4.69) is 0 Å². The molecule has 0 aromatic rings. The van der Waals surface area contributed by atoms with E-state index in [1.807, 2.05) is 27.7 Å². The molecule has 2 fully saturated rings. The zero-order chi connectivity index (χ0) is 26.3. The topological polar surface area (TPSA) is 95.0 Å². The van der Waals surface area contributed by atoms with E-state index >= 15 is 0 Å². The smallest absolute Gasteiger partial charge is 0.254 e. The van der Waals surface area contributed by atoms with Gasteiger partial charge in [-0.15, -0.1) is 23.5 Å². The summed E-state index contributed by atoms with van der Waals surface area (Å²) in [4.78, 5) is 56.0. The number of aliphatic hydroxyl groups excluding tert-OH is 1. The van der Waals surface area contributed by atoms with Crippen molar-refractivity contribution in [2.45, 2.75) is 96.2 Å². The third-order valence-electron chi connectivity index (χ3n) is 7.91. The fourth-order valence-corrected chi connectivity index (χ4v) is 8.24. The van der Waals surface area contributed by atoms with Crippen LogP contribution >= 0.6 is 23.5 Å². The number of hydrogen-bond acceptors (Lipinski definition) is 7. The predicted molar refractivity (Wildman–Crippen MR) is 143 cm³/mol. The first-order chi connectivity index (χ1) is 16.9. The second-order valence-electron chi connectivity index (χ2n) is 11.6. The molecule has 4 amide bonds. The Kier molecular flexibility index (Phi) is 8.12. The lowest BCUT2D eigenvalue weighted by Gasteiger charge is -2.40. The largest absolute Gasteiger partial charge is 0.393 e. The molecule has 0 aliphatic carbocycles. The summed E-state index contributed by atoms with van der Waals surface area (Å²) in [5, 5.41) is 10.6. The van der Waals surface area contributed by atoms with E-state index in [1.165, 1.54) is 9.80 Å². The Hall–Kier alpha value is -1.58. The first-order valence-electron chi connectivity index (χ1n) is 13.1. The number of imide groups is 2. The molecule has 0 bridgehead atoms. The van der Waals surface area contributed by atoms with Crippen molar-refractivity contribution < 1.29 is 24.3 Å². The molecule has 9 heteroatoms. The van der Waals surface area contributed by atoms with Crippen molar-refractivity contribution in [1.29, 1.82) is 0 Å². The fraction of sp³-hybridized carbons (Fsp3) is 0.704. The van der Waals surface area contributed by atoms with Crippen LogP contribution in [0.5, 0.6) is 0 Å². The zero-order valence-electron chi connectivity index (χ0n) is 21.7. The number of thioether (sulfide) groups is 2. The molecule has 2 atom stereocenters. The average Bonchev–Trinajstić information content (AvgIpc) is 3.42. The quantitative estimate of drug-likeness (QED) is 0.419. The van der Waals surface area contributed by atoms with E-state index in [9.17, 15) is 24.3 Å². The second-order valence-corrected chi connectivity index (χ2v) is 13.9. The third-order valence-corrected chi connectivity index (χ3v) is 10.3. The van der Waals surface area contributed by atoms with Crippen LogP contribution in [0.2, 0.25) is 0 Å². The Morgan fingerprint density at radius 3 is 1.58 bits per heavy atom. The van der Waals surface area contributed by atoms with Crippen molar-refractivity contribution in [1.82, 2.24) is 9.80 Å². The van der Waals surface area contributed by atoms with Gasteiger partial charge in [0.25, 0.3) is 11.8 Å². The summed E-state index contributed by atoms with van der Waals surface area (Å²) in [7, 11) is 0. The minimum atomic E-state index is -0.606. The minimum Gasteiger partial charge on any atom is -0.393 e. The van der Waals surface area contributed by atoms with Gasteiger partial charge in [-0.1, -0.05) is 0 Å². The summed E-state index contributed by atoms with van der Waals surface area (Å²) in [5.74, 6) is 0.782. The molecule has 0 radical (unpaired) electrons. The van der Waals surface area contributed by atoms with Crippen molar-refractivity contribution in [2.75, 3.05) is 11.5 Å². The molecule has 0 aromatic heterocycles. The van der Waals surface area contributed by atoms with Gasteiger partial charge in [-0.05, 0) is 90.6 Å². The summed E-state index contributed by atoms with van der Waals surface area (Å²) in [5.41, 5.74) is -1.21. The maximum atomic E-state index is 13.0. The SMILES string of the molecule is CC(C)(CCCC(O)CCCC(C)(C)N1C(=O)C=C2SCCC2C1=O)N1C(=O)C=C2SCCC2C1=O. The summed E-state index contributed by atoms with van der Waals surface area (Å²) < 4.78 is 0. The number of nitrogens with zero attached hydrogens (tertiary/aromatic N) is 2. The highest BCUT2D eigenvalue weighted by Crippen LogP contribution is 2.43. The Balaban J connectivity index is 1.23. The Labute approximate surface area is 222 Å². The molecule has 4 aliphatic rings. The molecular weight excluding hydrogens is 496 g/mol. The van der Waals surface area contributed by atoms with E-state index in [4.69, 9.17) is 0 Å². The molecule has 0 aromatic carbocycles. The van der Waals surface area contributed by atoms with Gasteiger partial charge in [-0.2, -0.15) is 0 Å². The molecular formula is C27H38N2O5S2. The molecule has 1 N–H and O–H groups in total. The predicted octanol–water partition coefficient (Wildman–Crippen LogP) is 4.26. The van der Waals surface area contributed by atoms with Crippen LogP contribution in [0.25, 0.3) is 0 Å². The lowest BCUT2D eigenvalue weighted by molar-refractivity contribution is -0.153. The Morgan fingerprint density at radius 2 is 1.19 bits per heavy atom. The van der Waals surface area contributed by atoms with Crippen LogP contribution in [0.4, 0.5) is 0 Å². The monoisotopic (exact) mass is 534 g/mol. The van der Waals surface area contributed by atoms with E-state index in [0.717, 1.165) is 34.2 Å². The highest BCUT2D eigenvalue weighted by atomic mass is 32.2. The Morgan fingerprint density at radius 1 is 0.806 bits per heavy atom. The van der Waals surface area contributed by atoms with Gasteiger partial charge in [-0.3, -0.25) is 29.0 Å². The van der Waals surface area contributed by atoms with Gasteiger partial charge < -0.3 is 5.11 Å². The first kappa shape index (κ1) is 27.5. The molecule has 2 saturated heterocycles. The van der Waals surface area contributed by atoms with Gasteiger partial charge in [0.05, 0.1) is 17.9 Å². The molecule has 36 heavy (non-hydrogen) atoms. The van der Waals surface area contributed by atoms with Gasteiger partial charge >= 0.3 is 0 Å². The molecule has 7 nitrogen and oxygen atoms in total. The van der Waals surface area contributed by atoms with Crippen LogP contribution in [0, 0.1) is 11.8 Å². The number of rotatable bonds is 10. The summed E-state index contributed by atoms with van der Waals surface area (Å²) in [6, 6.07) is 0. The van der Waals surface area contributed by atoms with E-state index in [0.29, 0.717) is 38.5 Å². The van der Waals surface area contributed by atoms with Crippen LogP contribution in [-0.2, 0) is 19.2 Å². The average molecular weight is 535 g/mol. The number of carbonyl (C=O) groups excluding carboxylic acids is 4. The second kappa shape index (κ2) is 10.7. The van der Waals surface area contributed by atoms with Gasteiger partial charge in [0.1, 0.15) is 0 Å². The fourth-order valence-electron chi connectivity index (χ4n) is 5.85. The number of amides is 4. The molecule has 0 spiro atoms. The van der Waals surface area contributed by atoms with E-state index in [1.54, 1.807) is 35.7 Å². The van der Waals surface area contributed by atoms with Gasteiger partial charge in [0.15, 0.2) is 0 Å². The van der Waals surface area contributed by atoms with Crippen molar-refractivity contribution >= 4 is 47.2 Å². The van der Waals surface area contributed by atoms with Crippen LogP contribution in [-0.4, -0.2) is 67.2 Å². The van der Waals surface area contributed by atoms with Crippen molar-refractivity contribution in [3.63, 3.8) is 0 Å². The lowest BCUT2D eigenvalue weighted by Crippen LogP contribution is -2.54. The summed E-state index contributed by atoms with van der Waals surface area (Å²) >= 11 is 3.21.